The normalized spacial score (nSPS) is 11.0. The lowest BCUT2D eigenvalue weighted by atomic mass is 10.2. The molecule has 0 radical (unpaired) electrons. The lowest BCUT2D eigenvalue weighted by Crippen LogP contribution is -2.40. The van der Waals surface area contributed by atoms with E-state index in [1.807, 2.05) is 19.1 Å². The lowest BCUT2D eigenvalue weighted by molar-refractivity contribution is -0.119. The van der Waals surface area contributed by atoms with Crippen molar-refractivity contribution >= 4 is 21.6 Å². The Balaban J connectivity index is 1.82. The average molecular weight is 455 g/mol. The first-order chi connectivity index (χ1) is 15.3. The highest BCUT2D eigenvalue weighted by atomic mass is 32.2. The van der Waals surface area contributed by atoms with E-state index in [0.717, 1.165) is 21.2 Å². The Morgan fingerprint density at radius 2 is 1.38 bits per heavy atom. The SMILES string of the molecule is COc1ccc(CNC(=O)CN(c2ccc(C)cc2)S(=O)(=O)c2ccc(OC)cc2)cc1. The van der Waals surface area contributed by atoms with Crippen molar-refractivity contribution in [2.24, 2.45) is 0 Å². The number of amides is 1. The maximum Gasteiger partial charge on any atom is 0.264 e. The van der Waals surface area contributed by atoms with Gasteiger partial charge in [-0.1, -0.05) is 29.8 Å². The van der Waals surface area contributed by atoms with Gasteiger partial charge in [0.25, 0.3) is 10.0 Å². The number of methoxy groups -OCH3 is 2. The average Bonchev–Trinajstić information content (AvgIpc) is 2.82. The number of ether oxygens (including phenoxy) is 2. The second-order valence-corrected chi connectivity index (χ2v) is 9.01. The van der Waals surface area contributed by atoms with Gasteiger partial charge in [-0.05, 0) is 61.0 Å². The van der Waals surface area contributed by atoms with Crippen molar-refractivity contribution in [3.63, 3.8) is 0 Å². The van der Waals surface area contributed by atoms with E-state index in [9.17, 15) is 13.2 Å². The number of hydrogen-bond acceptors (Lipinski definition) is 5. The largest absolute Gasteiger partial charge is 0.497 e. The van der Waals surface area contributed by atoms with Gasteiger partial charge in [-0.15, -0.1) is 0 Å². The number of sulfonamides is 1. The second-order valence-electron chi connectivity index (χ2n) is 7.15. The number of nitrogens with one attached hydrogen (secondary N) is 1. The van der Waals surface area contributed by atoms with Gasteiger partial charge < -0.3 is 14.8 Å². The molecular formula is C24H26N2O5S. The molecule has 32 heavy (non-hydrogen) atoms. The van der Waals surface area contributed by atoms with Crippen molar-refractivity contribution in [3.8, 4) is 11.5 Å². The van der Waals surface area contributed by atoms with Crippen LogP contribution in [-0.2, 0) is 21.4 Å². The third-order valence-corrected chi connectivity index (χ3v) is 6.69. The molecule has 0 unspecified atom stereocenters. The molecule has 3 aromatic rings. The predicted molar refractivity (Wildman–Crippen MR) is 124 cm³/mol. The van der Waals surface area contributed by atoms with Crippen LogP contribution in [0.3, 0.4) is 0 Å². The molecule has 0 aliphatic heterocycles. The summed E-state index contributed by atoms with van der Waals surface area (Å²) >= 11 is 0. The van der Waals surface area contributed by atoms with Gasteiger partial charge in [0.2, 0.25) is 5.91 Å². The van der Waals surface area contributed by atoms with E-state index in [1.54, 1.807) is 55.6 Å². The fraction of sp³-hybridized carbons (Fsp3) is 0.208. The third kappa shape index (κ3) is 5.59. The van der Waals surface area contributed by atoms with Crippen LogP contribution < -0.4 is 19.1 Å². The van der Waals surface area contributed by atoms with Crippen LogP contribution in [-0.4, -0.2) is 35.1 Å². The van der Waals surface area contributed by atoms with Crippen LogP contribution in [0.2, 0.25) is 0 Å². The topological polar surface area (TPSA) is 84.9 Å². The van der Waals surface area contributed by atoms with E-state index in [2.05, 4.69) is 5.32 Å². The van der Waals surface area contributed by atoms with Crippen LogP contribution in [0, 0.1) is 6.92 Å². The van der Waals surface area contributed by atoms with Gasteiger partial charge in [0.05, 0.1) is 24.8 Å². The molecule has 0 saturated carbocycles. The fourth-order valence-electron chi connectivity index (χ4n) is 3.03. The predicted octanol–water partition coefficient (Wildman–Crippen LogP) is 3.52. The third-order valence-electron chi connectivity index (χ3n) is 4.91. The van der Waals surface area contributed by atoms with Crippen LogP contribution in [0.4, 0.5) is 5.69 Å². The van der Waals surface area contributed by atoms with Crippen LogP contribution in [0.15, 0.2) is 77.7 Å². The Hall–Kier alpha value is -3.52. The summed E-state index contributed by atoms with van der Waals surface area (Å²) in [5.74, 6) is 0.845. The Labute approximate surface area is 188 Å². The molecule has 0 fully saturated rings. The minimum Gasteiger partial charge on any atom is -0.497 e. The van der Waals surface area contributed by atoms with Gasteiger partial charge in [0.1, 0.15) is 18.0 Å². The molecular weight excluding hydrogens is 428 g/mol. The molecule has 0 heterocycles. The van der Waals surface area contributed by atoms with E-state index >= 15 is 0 Å². The Bertz CT molecular complexity index is 1140. The number of carbonyl (C=O) groups is 1. The molecule has 3 rings (SSSR count). The van der Waals surface area contributed by atoms with Gasteiger partial charge >= 0.3 is 0 Å². The smallest absolute Gasteiger partial charge is 0.264 e. The summed E-state index contributed by atoms with van der Waals surface area (Å²) < 4.78 is 38.1. The Kier molecular flexibility index (Phi) is 7.37. The number of carbonyl (C=O) groups excluding carboxylic acids is 1. The molecule has 3 aromatic carbocycles. The first kappa shape index (κ1) is 23.1. The van der Waals surface area contributed by atoms with E-state index in [1.165, 1.54) is 19.2 Å². The van der Waals surface area contributed by atoms with Crippen molar-refractivity contribution in [3.05, 3.63) is 83.9 Å². The summed E-state index contributed by atoms with van der Waals surface area (Å²) in [6.07, 6.45) is 0. The number of benzene rings is 3. The highest BCUT2D eigenvalue weighted by molar-refractivity contribution is 7.92. The number of anilines is 1. The molecule has 0 spiro atoms. The fourth-order valence-corrected chi connectivity index (χ4v) is 4.45. The number of hydrogen-bond donors (Lipinski definition) is 1. The Morgan fingerprint density at radius 3 is 1.91 bits per heavy atom. The van der Waals surface area contributed by atoms with Gasteiger partial charge in [0.15, 0.2) is 0 Å². The van der Waals surface area contributed by atoms with Crippen molar-refractivity contribution < 1.29 is 22.7 Å². The minimum atomic E-state index is -3.98. The molecule has 0 saturated heterocycles. The van der Waals surface area contributed by atoms with Crippen molar-refractivity contribution in [1.82, 2.24) is 5.32 Å². The quantitative estimate of drug-likeness (QED) is 0.535. The molecule has 8 heteroatoms. The zero-order valence-corrected chi connectivity index (χ0v) is 19.1. The second kappa shape index (κ2) is 10.2. The molecule has 7 nitrogen and oxygen atoms in total. The maximum atomic E-state index is 13.4. The van der Waals surface area contributed by atoms with Gasteiger partial charge in [0, 0.05) is 6.54 Å². The zero-order valence-electron chi connectivity index (χ0n) is 18.2. The number of rotatable bonds is 9. The van der Waals surface area contributed by atoms with Crippen molar-refractivity contribution in [2.45, 2.75) is 18.4 Å². The van der Waals surface area contributed by atoms with Crippen molar-refractivity contribution in [2.75, 3.05) is 25.1 Å². The van der Waals surface area contributed by atoms with Crippen LogP contribution in [0.25, 0.3) is 0 Å². The van der Waals surface area contributed by atoms with Crippen LogP contribution >= 0.6 is 0 Å². The standard InChI is InChI=1S/C24H26N2O5S/c1-18-4-8-20(9-5-18)26(32(28,29)23-14-12-22(31-3)13-15-23)17-24(27)25-16-19-6-10-21(30-2)11-7-19/h4-15H,16-17H2,1-3H3,(H,25,27). The van der Waals surface area contributed by atoms with E-state index < -0.39 is 15.9 Å². The van der Waals surface area contributed by atoms with Gasteiger partial charge in [-0.2, -0.15) is 0 Å². The van der Waals surface area contributed by atoms with E-state index in [-0.39, 0.29) is 18.0 Å². The van der Waals surface area contributed by atoms with Crippen molar-refractivity contribution in [1.29, 1.82) is 0 Å². The lowest BCUT2D eigenvalue weighted by Gasteiger charge is -2.24. The van der Waals surface area contributed by atoms with Crippen LogP contribution in [0.1, 0.15) is 11.1 Å². The summed E-state index contributed by atoms with van der Waals surface area (Å²) in [6, 6.07) is 20.3. The molecule has 0 aliphatic carbocycles. The summed E-state index contributed by atoms with van der Waals surface area (Å²) in [5.41, 5.74) is 2.27. The summed E-state index contributed by atoms with van der Waals surface area (Å²) in [5, 5.41) is 2.78. The monoisotopic (exact) mass is 454 g/mol. The molecule has 1 N–H and O–H groups in total. The molecule has 168 valence electrons. The maximum absolute atomic E-state index is 13.4. The molecule has 0 aliphatic rings. The summed E-state index contributed by atoms with van der Waals surface area (Å²) in [4.78, 5) is 12.8. The van der Waals surface area contributed by atoms with Crippen LogP contribution in [0.5, 0.6) is 11.5 Å². The Morgan fingerprint density at radius 1 is 0.844 bits per heavy atom. The number of aryl methyl sites for hydroxylation is 1. The first-order valence-corrected chi connectivity index (χ1v) is 11.4. The van der Waals surface area contributed by atoms with Gasteiger partial charge in [-0.25, -0.2) is 8.42 Å². The highest BCUT2D eigenvalue weighted by Gasteiger charge is 2.27. The molecule has 0 aromatic heterocycles. The minimum absolute atomic E-state index is 0.0711. The molecule has 1 amide bonds. The molecule has 0 atom stereocenters. The van der Waals surface area contributed by atoms with E-state index in [4.69, 9.17) is 9.47 Å². The first-order valence-electron chi connectivity index (χ1n) is 9.96. The highest BCUT2D eigenvalue weighted by Crippen LogP contribution is 2.25. The number of nitrogens with zero attached hydrogens (tertiary/aromatic N) is 1. The summed E-state index contributed by atoms with van der Waals surface area (Å²) in [6.45, 7) is 1.83. The summed E-state index contributed by atoms with van der Waals surface area (Å²) in [7, 11) is -0.886. The molecule has 0 bridgehead atoms. The zero-order chi connectivity index (χ0) is 23.1. The van der Waals surface area contributed by atoms with E-state index in [0.29, 0.717) is 11.4 Å². The van der Waals surface area contributed by atoms with Gasteiger partial charge in [-0.3, -0.25) is 9.10 Å².